The van der Waals surface area contributed by atoms with Crippen molar-refractivity contribution in [2.24, 2.45) is 5.92 Å². The average Bonchev–Trinajstić information content (AvgIpc) is 2.35. The fraction of sp³-hybridized carbons (Fsp3) is 0.818. The highest BCUT2D eigenvalue weighted by Crippen LogP contribution is 2.20. The van der Waals surface area contributed by atoms with Gasteiger partial charge >= 0.3 is 5.97 Å². The van der Waals surface area contributed by atoms with Gasteiger partial charge in [0.2, 0.25) is 0 Å². The molecule has 0 N–H and O–H groups in total. The summed E-state index contributed by atoms with van der Waals surface area (Å²) in [6.07, 6.45) is 2.01. The standard InChI is InChI=1S/C11H17ClO4/c1-2-5-16-11(14)9(12)10(13)8-3-6-15-7-4-8/h8-9H,2-7H2,1H3. The number of ether oxygens (including phenoxy) is 2. The summed E-state index contributed by atoms with van der Waals surface area (Å²) >= 11 is 5.79. The quantitative estimate of drug-likeness (QED) is 0.421. The number of halogens is 1. The SMILES string of the molecule is CCCOC(=O)C(Cl)C(=O)C1CCOCC1. The van der Waals surface area contributed by atoms with Gasteiger partial charge in [0.25, 0.3) is 0 Å². The lowest BCUT2D eigenvalue weighted by atomic mass is 9.93. The molecule has 0 aromatic carbocycles. The van der Waals surface area contributed by atoms with Gasteiger partial charge in [0, 0.05) is 19.1 Å². The van der Waals surface area contributed by atoms with Crippen molar-refractivity contribution in [1.82, 2.24) is 0 Å². The molecule has 1 atom stereocenters. The van der Waals surface area contributed by atoms with E-state index in [0.717, 1.165) is 6.42 Å². The van der Waals surface area contributed by atoms with Crippen molar-refractivity contribution in [1.29, 1.82) is 0 Å². The Kier molecular flexibility index (Phi) is 5.77. The Morgan fingerprint density at radius 2 is 2.06 bits per heavy atom. The maximum atomic E-state index is 11.8. The van der Waals surface area contributed by atoms with Crippen molar-refractivity contribution in [2.45, 2.75) is 31.6 Å². The van der Waals surface area contributed by atoms with Crippen LogP contribution in [-0.2, 0) is 19.1 Å². The smallest absolute Gasteiger partial charge is 0.331 e. The zero-order valence-corrected chi connectivity index (χ0v) is 10.2. The molecule has 1 heterocycles. The first-order valence-corrected chi connectivity index (χ1v) is 6.02. The van der Waals surface area contributed by atoms with Gasteiger partial charge in [-0.1, -0.05) is 6.92 Å². The van der Waals surface area contributed by atoms with Crippen molar-refractivity contribution < 1.29 is 19.1 Å². The first-order chi connectivity index (χ1) is 7.66. The predicted octanol–water partition coefficient (Wildman–Crippen LogP) is 1.54. The van der Waals surface area contributed by atoms with Crippen molar-refractivity contribution in [3.05, 3.63) is 0 Å². The average molecular weight is 249 g/mol. The van der Waals surface area contributed by atoms with Crippen molar-refractivity contribution in [3.63, 3.8) is 0 Å². The summed E-state index contributed by atoms with van der Waals surface area (Å²) in [6.45, 7) is 3.31. The lowest BCUT2D eigenvalue weighted by Gasteiger charge is -2.22. The molecule has 0 radical (unpaired) electrons. The van der Waals surface area contributed by atoms with Crippen LogP contribution in [0.15, 0.2) is 0 Å². The second kappa shape index (κ2) is 6.86. The van der Waals surface area contributed by atoms with Crippen LogP contribution in [0, 0.1) is 5.92 Å². The molecule has 5 heteroatoms. The molecule has 1 aliphatic rings. The van der Waals surface area contributed by atoms with Gasteiger partial charge < -0.3 is 9.47 Å². The Hall–Kier alpha value is -0.610. The molecule has 4 nitrogen and oxygen atoms in total. The lowest BCUT2D eigenvalue weighted by Crippen LogP contribution is -2.35. The molecule has 1 aliphatic heterocycles. The summed E-state index contributed by atoms with van der Waals surface area (Å²) in [4.78, 5) is 23.2. The molecule has 0 amide bonds. The molecular weight excluding hydrogens is 232 g/mol. The van der Waals surface area contributed by atoms with Crippen LogP contribution in [-0.4, -0.2) is 37.0 Å². The van der Waals surface area contributed by atoms with Crippen molar-refractivity contribution >= 4 is 23.4 Å². The molecule has 1 rings (SSSR count). The number of ketones is 1. The van der Waals surface area contributed by atoms with E-state index < -0.39 is 11.3 Å². The number of carbonyl (C=O) groups is 2. The molecule has 1 saturated heterocycles. The van der Waals surface area contributed by atoms with Gasteiger partial charge in [-0.2, -0.15) is 0 Å². The maximum Gasteiger partial charge on any atom is 0.331 e. The molecule has 0 aromatic heterocycles. The van der Waals surface area contributed by atoms with E-state index in [9.17, 15) is 9.59 Å². The highest BCUT2D eigenvalue weighted by molar-refractivity contribution is 6.41. The number of Topliss-reactive ketones (excluding diaryl/α,β-unsaturated/α-hetero) is 1. The summed E-state index contributed by atoms with van der Waals surface area (Å²) in [5.74, 6) is -1.02. The zero-order valence-electron chi connectivity index (χ0n) is 9.41. The van der Waals surface area contributed by atoms with Crippen molar-refractivity contribution in [3.8, 4) is 0 Å². The van der Waals surface area contributed by atoms with E-state index in [1.807, 2.05) is 6.92 Å². The Balaban J connectivity index is 2.42. The first kappa shape index (κ1) is 13.5. The maximum absolute atomic E-state index is 11.8. The van der Waals surface area contributed by atoms with E-state index in [1.54, 1.807) is 0 Å². The van der Waals surface area contributed by atoms with E-state index in [0.29, 0.717) is 32.7 Å². The van der Waals surface area contributed by atoms with E-state index in [-0.39, 0.29) is 11.7 Å². The minimum Gasteiger partial charge on any atom is -0.464 e. The van der Waals surface area contributed by atoms with Crippen LogP contribution in [0.25, 0.3) is 0 Å². The third kappa shape index (κ3) is 3.76. The third-order valence-corrected chi connectivity index (χ3v) is 2.92. The summed E-state index contributed by atoms with van der Waals surface area (Å²) in [7, 11) is 0. The Bertz CT molecular complexity index is 248. The Morgan fingerprint density at radius 1 is 1.44 bits per heavy atom. The topological polar surface area (TPSA) is 52.6 Å². The van der Waals surface area contributed by atoms with Crippen LogP contribution in [0.5, 0.6) is 0 Å². The van der Waals surface area contributed by atoms with E-state index in [2.05, 4.69) is 0 Å². The minimum atomic E-state index is -1.16. The van der Waals surface area contributed by atoms with Crippen LogP contribution >= 0.6 is 11.6 Å². The molecular formula is C11H17ClO4. The van der Waals surface area contributed by atoms with Gasteiger partial charge in [-0.3, -0.25) is 4.79 Å². The fourth-order valence-corrected chi connectivity index (χ4v) is 1.82. The number of alkyl halides is 1. The van der Waals surface area contributed by atoms with Gasteiger partial charge in [-0.15, -0.1) is 11.6 Å². The second-order valence-corrected chi connectivity index (χ2v) is 4.26. The molecule has 0 spiro atoms. The summed E-state index contributed by atoms with van der Waals surface area (Å²) in [5, 5.41) is -1.16. The Labute approximate surface area is 100 Å². The van der Waals surface area contributed by atoms with Crippen LogP contribution in [0.1, 0.15) is 26.2 Å². The van der Waals surface area contributed by atoms with E-state index in [1.165, 1.54) is 0 Å². The number of carbonyl (C=O) groups excluding carboxylic acids is 2. The van der Waals surface area contributed by atoms with Gasteiger partial charge in [-0.25, -0.2) is 4.79 Å². The predicted molar refractivity (Wildman–Crippen MR) is 59.4 cm³/mol. The van der Waals surface area contributed by atoms with Gasteiger partial charge in [-0.05, 0) is 19.3 Å². The highest BCUT2D eigenvalue weighted by atomic mass is 35.5. The molecule has 92 valence electrons. The van der Waals surface area contributed by atoms with Gasteiger partial charge in [0.15, 0.2) is 11.2 Å². The molecule has 16 heavy (non-hydrogen) atoms. The van der Waals surface area contributed by atoms with Crippen LogP contribution < -0.4 is 0 Å². The number of hydrogen-bond acceptors (Lipinski definition) is 4. The van der Waals surface area contributed by atoms with Crippen LogP contribution in [0.2, 0.25) is 0 Å². The Morgan fingerprint density at radius 3 is 2.62 bits per heavy atom. The molecule has 0 aromatic rings. The number of esters is 1. The normalized spacial score (nSPS) is 19.1. The molecule has 0 saturated carbocycles. The molecule has 1 fully saturated rings. The largest absolute Gasteiger partial charge is 0.464 e. The van der Waals surface area contributed by atoms with Gasteiger partial charge in [0.1, 0.15) is 0 Å². The van der Waals surface area contributed by atoms with Crippen LogP contribution in [0.3, 0.4) is 0 Å². The van der Waals surface area contributed by atoms with Gasteiger partial charge in [0.05, 0.1) is 6.61 Å². The fourth-order valence-electron chi connectivity index (χ4n) is 1.58. The summed E-state index contributed by atoms with van der Waals surface area (Å²) in [5.41, 5.74) is 0. The van der Waals surface area contributed by atoms with E-state index >= 15 is 0 Å². The summed E-state index contributed by atoms with van der Waals surface area (Å²) < 4.78 is 9.99. The van der Waals surface area contributed by atoms with Crippen LogP contribution in [0.4, 0.5) is 0 Å². The first-order valence-electron chi connectivity index (χ1n) is 5.59. The highest BCUT2D eigenvalue weighted by Gasteiger charge is 2.32. The zero-order chi connectivity index (χ0) is 12.0. The minimum absolute atomic E-state index is 0.162. The lowest BCUT2D eigenvalue weighted by molar-refractivity contribution is -0.146. The number of rotatable bonds is 5. The molecule has 1 unspecified atom stereocenters. The molecule has 0 aliphatic carbocycles. The summed E-state index contributed by atoms with van der Waals surface area (Å²) in [6, 6.07) is 0. The number of hydrogen-bond donors (Lipinski definition) is 0. The third-order valence-electron chi connectivity index (χ3n) is 2.53. The van der Waals surface area contributed by atoms with E-state index in [4.69, 9.17) is 21.1 Å². The second-order valence-electron chi connectivity index (χ2n) is 3.82. The monoisotopic (exact) mass is 248 g/mol. The molecule has 0 bridgehead atoms. The van der Waals surface area contributed by atoms with Crippen molar-refractivity contribution in [2.75, 3.05) is 19.8 Å².